The first-order valence-electron chi connectivity index (χ1n) is 5.94. The molecule has 1 fully saturated rings. The molecule has 18 heavy (non-hydrogen) atoms. The van der Waals surface area contributed by atoms with Gasteiger partial charge < -0.3 is 10.0 Å². The molecule has 1 aromatic carbocycles. The molecule has 1 aliphatic heterocycles. The van der Waals surface area contributed by atoms with Crippen molar-refractivity contribution in [2.45, 2.75) is 19.0 Å². The number of hydrogen-bond donors (Lipinski definition) is 1. The highest BCUT2D eigenvalue weighted by atomic mass is 19.1. The highest BCUT2D eigenvalue weighted by molar-refractivity contribution is 5.98. The predicted octanol–water partition coefficient (Wildman–Crippen LogP) is 0.853. The maximum atomic E-state index is 12.9. The van der Waals surface area contributed by atoms with Crippen molar-refractivity contribution in [3.8, 4) is 0 Å². The smallest absolute Gasteiger partial charge is 0.247 e. The van der Waals surface area contributed by atoms with Crippen molar-refractivity contribution in [3.05, 3.63) is 30.1 Å². The van der Waals surface area contributed by atoms with Gasteiger partial charge in [0.1, 0.15) is 11.9 Å². The summed E-state index contributed by atoms with van der Waals surface area (Å²) in [4.78, 5) is 15.8. The van der Waals surface area contributed by atoms with Crippen LogP contribution in [0.5, 0.6) is 0 Å². The van der Waals surface area contributed by atoms with Gasteiger partial charge in [-0.25, -0.2) is 4.39 Å². The fourth-order valence-electron chi connectivity index (χ4n) is 2.39. The zero-order chi connectivity index (χ0) is 13.3. The zero-order valence-corrected chi connectivity index (χ0v) is 10.5. The predicted molar refractivity (Wildman–Crippen MR) is 66.9 cm³/mol. The van der Waals surface area contributed by atoms with Crippen LogP contribution in [0.4, 0.5) is 10.1 Å². The largest absolute Gasteiger partial charge is 0.394 e. The van der Waals surface area contributed by atoms with Crippen molar-refractivity contribution in [2.24, 2.45) is 0 Å². The number of benzene rings is 1. The van der Waals surface area contributed by atoms with Gasteiger partial charge in [0.05, 0.1) is 6.61 Å². The lowest BCUT2D eigenvalue weighted by molar-refractivity contribution is -0.127. The Labute approximate surface area is 106 Å². The van der Waals surface area contributed by atoms with E-state index in [-0.39, 0.29) is 24.4 Å². The number of hydrogen-bond acceptors (Lipinski definition) is 3. The monoisotopic (exact) mass is 252 g/mol. The summed E-state index contributed by atoms with van der Waals surface area (Å²) < 4.78 is 12.9. The van der Waals surface area contributed by atoms with Crippen LogP contribution in [0.2, 0.25) is 0 Å². The summed E-state index contributed by atoms with van der Waals surface area (Å²) in [6.45, 7) is 2.40. The summed E-state index contributed by atoms with van der Waals surface area (Å²) in [6.07, 6.45) is 0. The molecule has 0 radical (unpaired) electrons. The molecule has 1 amide bonds. The van der Waals surface area contributed by atoms with Crippen LogP contribution in [0.3, 0.4) is 0 Å². The molecule has 2 unspecified atom stereocenters. The molecule has 2 rings (SSSR count). The highest BCUT2D eigenvalue weighted by Crippen LogP contribution is 2.23. The maximum Gasteiger partial charge on any atom is 0.247 e. The van der Waals surface area contributed by atoms with Crippen LogP contribution in [0.25, 0.3) is 0 Å². The third-order valence-electron chi connectivity index (χ3n) is 3.33. The maximum absolute atomic E-state index is 12.9. The van der Waals surface area contributed by atoms with Crippen LogP contribution in [0.1, 0.15) is 6.92 Å². The van der Waals surface area contributed by atoms with E-state index in [2.05, 4.69) is 0 Å². The minimum Gasteiger partial charge on any atom is -0.394 e. The number of carbonyl (C=O) groups is 1. The zero-order valence-electron chi connectivity index (χ0n) is 10.5. The van der Waals surface area contributed by atoms with Crippen molar-refractivity contribution in [1.29, 1.82) is 0 Å². The Morgan fingerprint density at radius 3 is 2.56 bits per heavy atom. The van der Waals surface area contributed by atoms with Gasteiger partial charge in [0.25, 0.3) is 0 Å². The molecular weight excluding hydrogens is 235 g/mol. The normalized spacial score (nSPS) is 25.6. The van der Waals surface area contributed by atoms with Gasteiger partial charge in [-0.3, -0.25) is 9.69 Å². The van der Waals surface area contributed by atoms with Gasteiger partial charge in [-0.05, 0) is 38.2 Å². The Morgan fingerprint density at radius 1 is 1.39 bits per heavy atom. The number of nitrogens with zero attached hydrogens (tertiary/aromatic N) is 2. The highest BCUT2D eigenvalue weighted by Gasteiger charge is 2.36. The van der Waals surface area contributed by atoms with E-state index in [0.717, 1.165) is 0 Å². The van der Waals surface area contributed by atoms with E-state index in [1.54, 1.807) is 17.0 Å². The lowest BCUT2D eigenvalue weighted by Crippen LogP contribution is -2.61. The number of piperazine rings is 1. The van der Waals surface area contributed by atoms with Gasteiger partial charge >= 0.3 is 0 Å². The molecule has 1 N–H and O–H groups in total. The second-order valence-corrected chi connectivity index (χ2v) is 4.67. The van der Waals surface area contributed by atoms with Crippen LogP contribution >= 0.6 is 0 Å². The molecule has 2 atom stereocenters. The average Bonchev–Trinajstić information content (AvgIpc) is 2.31. The molecule has 1 aliphatic rings. The number of anilines is 1. The second kappa shape index (κ2) is 5.04. The fraction of sp³-hybridized carbons (Fsp3) is 0.462. The average molecular weight is 252 g/mol. The number of halogens is 1. The van der Waals surface area contributed by atoms with E-state index in [0.29, 0.717) is 12.2 Å². The van der Waals surface area contributed by atoms with Crippen molar-refractivity contribution >= 4 is 11.6 Å². The van der Waals surface area contributed by atoms with E-state index >= 15 is 0 Å². The van der Waals surface area contributed by atoms with Crippen molar-refractivity contribution in [1.82, 2.24) is 4.90 Å². The molecule has 0 saturated carbocycles. The lowest BCUT2D eigenvalue weighted by Gasteiger charge is -2.42. The molecule has 1 heterocycles. The van der Waals surface area contributed by atoms with E-state index in [1.807, 2.05) is 18.9 Å². The van der Waals surface area contributed by atoms with Crippen molar-refractivity contribution in [3.63, 3.8) is 0 Å². The first-order valence-corrected chi connectivity index (χ1v) is 5.94. The summed E-state index contributed by atoms with van der Waals surface area (Å²) in [7, 11) is 1.82. The van der Waals surface area contributed by atoms with Crippen LogP contribution < -0.4 is 4.90 Å². The number of carbonyl (C=O) groups excluding carboxylic acids is 1. The van der Waals surface area contributed by atoms with Crippen LogP contribution in [0.15, 0.2) is 24.3 Å². The van der Waals surface area contributed by atoms with E-state index < -0.39 is 6.04 Å². The summed E-state index contributed by atoms with van der Waals surface area (Å²) in [5.41, 5.74) is 0.667. The summed E-state index contributed by atoms with van der Waals surface area (Å²) in [5, 5.41) is 9.28. The van der Waals surface area contributed by atoms with Gasteiger partial charge in [0.15, 0.2) is 0 Å². The fourth-order valence-corrected chi connectivity index (χ4v) is 2.39. The molecule has 0 spiro atoms. The van der Waals surface area contributed by atoms with E-state index in [9.17, 15) is 14.3 Å². The van der Waals surface area contributed by atoms with E-state index in [4.69, 9.17) is 0 Å². The molecule has 0 aliphatic carbocycles. The van der Waals surface area contributed by atoms with Gasteiger partial charge in [-0.15, -0.1) is 0 Å². The second-order valence-electron chi connectivity index (χ2n) is 4.67. The lowest BCUT2D eigenvalue weighted by atomic mass is 10.1. The third kappa shape index (κ3) is 2.23. The number of aliphatic hydroxyl groups excluding tert-OH is 1. The van der Waals surface area contributed by atoms with Gasteiger partial charge in [0, 0.05) is 18.3 Å². The number of aliphatic hydroxyl groups is 1. The summed E-state index contributed by atoms with van der Waals surface area (Å²) >= 11 is 0. The number of amides is 1. The standard InChI is InChI=1S/C13H17FN2O2/c1-9-7-15(2)12(8-17)13(18)16(9)11-5-3-10(14)4-6-11/h3-6,9,12,17H,7-8H2,1-2H3. The van der Waals surface area contributed by atoms with Gasteiger partial charge in [-0.2, -0.15) is 0 Å². The van der Waals surface area contributed by atoms with E-state index in [1.165, 1.54) is 12.1 Å². The van der Waals surface area contributed by atoms with Crippen LogP contribution in [-0.2, 0) is 4.79 Å². The Bertz CT molecular complexity index is 435. The number of rotatable bonds is 2. The minimum atomic E-state index is -0.522. The SMILES string of the molecule is CC1CN(C)C(CO)C(=O)N1c1ccc(F)cc1. The molecule has 0 aromatic heterocycles. The Morgan fingerprint density at radius 2 is 2.00 bits per heavy atom. The first kappa shape index (κ1) is 13.0. The molecule has 98 valence electrons. The molecule has 1 aromatic rings. The van der Waals surface area contributed by atoms with Gasteiger partial charge in [-0.1, -0.05) is 0 Å². The Hall–Kier alpha value is -1.46. The molecule has 5 heteroatoms. The first-order chi connectivity index (χ1) is 8.54. The molecule has 0 bridgehead atoms. The van der Waals surface area contributed by atoms with Crippen molar-refractivity contribution < 1.29 is 14.3 Å². The Kier molecular flexibility index (Phi) is 3.63. The summed E-state index contributed by atoms with van der Waals surface area (Å²) in [5.74, 6) is -0.475. The van der Waals surface area contributed by atoms with Crippen LogP contribution in [-0.4, -0.2) is 48.2 Å². The minimum absolute atomic E-state index is 0.00392. The molecule has 4 nitrogen and oxygen atoms in total. The third-order valence-corrected chi connectivity index (χ3v) is 3.33. The van der Waals surface area contributed by atoms with Crippen molar-refractivity contribution in [2.75, 3.05) is 25.1 Å². The molecule has 1 saturated heterocycles. The number of likely N-dealkylation sites (N-methyl/N-ethyl adjacent to an activating group) is 1. The van der Waals surface area contributed by atoms with Crippen LogP contribution in [0, 0.1) is 5.82 Å². The topological polar surface area (TPSA) is 43.8 Å². The Balaban J connectivity index is 2.30. The quantitative estimate of drug-likeness (QED) is 0.848. The molecular formula is C13H17FN2O2. The van der Waals surface area contributed by atoms with Gasteiger partial charge in [0.2, 0.25) is 5.91 Å². The summed E-state index contributed by atoms with van der Waals surface area (Å²) in [6, 6.07) is 5.32.